The van der Waals surface area contributed by atoms with E-state index in [2.05, 4.69) is 86.2 Å². The van der Waals surface area contributed by atoms with E-state index in [9.17, 15) is 0 Å². The van der Waals surface area contributed by atoms with Crippen LogP contribution >= 0.6 is 27.3 Å². The number of benzene rings is 1. The molecule has 1 aromatic heterocycles. The van der Waals surface area contributed by atoms with Gasteiger partial charge in [0.25, 0.3) is 0 Å². The summed E-state index contributed by atoms with van der Waals surface area (Å²) >= 11 is 5.53. The average molecular weight is 366 g/mol. The molecule has 0 aliphatic heterocycles. The molecule has 0 bridgehead atoms. The number of halogens is 1. The average Bonchev–Trinajstić information content (AvgIpc) is 2.83. The lowest BCUT2D eigenvalue weighted by molar-refractivity contribution is 0.604. The lowest BCUT2D eigenvalue weighted by atomic mass is 9.95. The van der Waals surface area contributed by atoms with Gasteiger partial charge in [0.1, 0.15) is 0 Å². The van der Waals surface area contributed by atoms with Crippen molar-refractivity contribution in [3.8, 4) is 0 Å². The third-order valence-corrected chi connectivity index (χ3v) is 5.49. The fraction of sp³-hybridized carbons (Fsp3) is 0.444. The van der Waals surface area contributed by atoms with E-state index in [0.29, 0.717) is 0 Å². The van der Waals surface area contributed by atoms with E-state index in [0.717, 1.165) is 11.0 Å². The van der Waals surface area contributed by atoms with Gasteiger partial charge in [-0.3, -0.25) is 0 Å². The number of aryl methyl sites for hydroxylation is 1. The normalized spacial score (nSPS) is 13.4. The molecule has 0 aliphatic carbocycles. The second kappa shape index (κ2) is 6.64. The summed E-state index contributed by atoms with van der Waals surface area (Å²) in [5.41, 5.74) is 2.83. The molecule has 0 saturated carbocycles. The van der Waals surface area contributed by atoms with Crippen molar-refractivity contribution < 1.29 is 0 Å². The molecule has 1 aromatic carbocycles. The summed E-state index contributed by atoms with van der Waals surface area (Å²) in [5, 5.41) is 3.62. The molecule has 1 atom stereocenters. The molecule has 1 unspecified atom stereocenters. The second-order valence-electron chi connectivity index (χ2n) is 6.50. The molecule has 0 spiro atoms. The number of hydrogen-bond donors (Lipinski definition) is 1. The summed E-state index contributed by atoms with van der Waals surface area (Å²) in [5.74, 6) is 0. The smallest absolute Gasteiger partial charge is 0.0671 e. The zero-order valence-electron chi connectivity index (χ0n) is 13.5. The Morgan fingerprint density at radius 2 is 1.90 bits per heavy atom. The Morgan fingerprint density at radius 3 is 2.43 bits per heavy atom. The maximum Gasteiger partial charge on any atom is 0.0671 e. The van der Waals surface area contributed by atoms with Crippen molar-refractivity contribution in [2.45, 2.75) is 46.1 Å². The molecule has 0 aliphatic rings. The van der Waals surface area contributed by atoms with Gasteiger partial charge in [0.05, 0.1) is 6.04 Å². The van der Waals surface area contributed by atoms with Crippen molar-refractivity contribution >= 4 is 27.3 Å². The van der Waals surface area contributed by atoms with Crippen LogP contribution in [0.5, 0.6) is 0 Å². The summed E-state index contributed by atoms with van der Waals surface area (Å²) in [6, 6.07) is 11.5. The minimum atomic E-state index is 0.215. The standard InChI is InChI=1S/C18H24BrNS/c1-6-20-17(13-9-12(2)10-14(19)11-13)15-7-8-16(21-15)18(3,4)5/h7-11,17,20H,6H2,1-5H3. The van der Waals surface area contributed by atoms with Crippen molar-refractivity contribution in [3.63, 3.8) is 0 Å². The third-order valence-electron chi connectivity index (χ3n) is 3.46. The number of thiophene rings is 1. The number of rotatable bonds is 4. The molecule has 114 valence electrons. The summed E-state index contributed by atoms with van der Waals surface area (Å²) in [7, 11) is 0. The molecule has 0 radical (unpaired) electrons. The van der Waals surface area contributed by atoms with Gasteiger partial charge < -0.3 is 5.32 Å². The van der Waals surface area contributed by atoms with Crippen LogP contribution in [0.2, 0.25) is 0 Å². The van der Waals surface area contributed by atoms with Gasteiger partial charge in [-0.25, -0.2) is 0 Å². The van der Waals surface area contributed by atoms with Crippen molar-refractivity contribution in [1.29, 1.82) is 0 Å². The van der Waals surface area contributed by atoms with Crippen LogP contribution in [0.15, 0.2) is 34.8 Å². The summed E-state index contributed by atoms with van der Waals surface area (Å²) in [6.45, 7) is 12.1. The van der Waals surface area contributed by atoms with Gasteiger partial charge in [-0.15, -0.1) is 11.3 Å². The first kappa shape index (κ1) is 16.7. The Kier molecular flexibility index (Phi) is 5.29. The Labute approximate surface area is 140 Å². The van der Waals surface area contributed by atoms with E-state index in [1.807, 2.05) is 11.3 Å². The third kappa shape index (κ3) is 4.18. The molecule has 0 fully saturated rings. The Bertz CT molecular complexity index is 590. The lowest BCUT2D eigenvalue weighted by Gasteiger charge is -2.19. The monoisotopic (exact) mass is 365 g/mol. The first-order valence-corrected chi connectivity index (χ1v) is 9.03. The van der Waals surface area contributed by atoms with Crippen molar-refractivity contribution in [3.05, 3.63) is 55.7 Å². The predicted molar refractivity (Wildman–Crippen MR) is 97.4 cm³/mol. The van der Waals surface area contributed by atoms with Gasteiger partial charge in [-0.05, 0) is 54.3 Å². The van der Waals surface area contributed by atoms with Crippen LogP contribution in [0.25, 0.3) is 0 Å². The predicted octanol–water partition coefficient (Wildman–Crippen LogP) is 5.82. The first-order chi connectivity index (χ1) is 9.81. The summed E-state index contributed by atoms with van der Waals surface area (Å²) in [6.07, 6.45) is 0. The molecule has 0 amide bonds. The molecular weight excluding hydrogens is 342 g/mol. The molecule has 1 nitrogen and oxygen atoms in total. The molecule has 3 heteroatoms. The van der Waals surface area contributed by atoms with E-state index in [-0.39, 0.29) is 11.5 Å². The molecular formula is C18H24BrNS. The van der Waals surface area contributed by atoms with E-state index in [1.165, 1.54) is 20.9 Å². The van der Waals surface area contributed by atoms with E-state index < -0.39 is 0 Å². The molecule has 1 heterocycles. The highest BCUT2D eigenvalue weighted by atomic mass is 79.9. The van der Waals surface area contributed by atoms with E-state index in [1.54, 1.807) is 0 Å². The maximum absolute atomic E-state index is 3.62. The highest BCUT2D eigenvalue weighted by Gasteiger charge is 2.20. The van der Waals surface area contributed by atoms with E-state index >= 15 is 0 Å². The van der Waals surface area contributed by atoms with Crippen LogP contribution < -0.4 is 5.32 Å². The highest BCUT2D eigenvalue weighted by molar-refractivity contribution is 9.10. The fourth-order valence-corrected chi connectivity index (χ4v) is 4.22. The quantitative estimate of drug-likeness (QED) is 0.719. The van der Waals surface area contributed by atoms with Gasteiger partial charge in [0.2, 0.25) is 0 Å². The van der Waals surface area contributed by atoms with Crippen molar-refractivity contribution in [2.75, 3.05) is 6.54 Å². The molecule has 21 heavy (non-hydrogen) atoms. The van der Waals surface area contributed by atoms with Crippen LogP contribution in [0.4, 0.5) is 0 Å². The topological polar surface area (TPSA) is 12.0 Å². The van der Waals surface area contributed by atoms with Crippen LogP contribution in [0.3, 0.4) is 0 Å². The largest absolute Gasteiger partial charge is 0.306 e. The molecule has 2 aromatic rings. The van der Waals surface area contributed by atoms with Crippen LogP contribution in [0.1, 0.15) is 54.6 Å². The molecule has 0 saturated heterocycles. The highest BCUT2D eigenvalue weighted by Crippen LogP contribution is 2.35. The van der Waals surface area contributed by atoms with Gasteiger partial charge in [-0.2, -0.15) is 0 Å². The minimum Gasteiger partial charge on any atom is -0.306 e. The van der Waals surface area contributed by atoms with Gasteiger partial charge >= 0.3 is 0 Å². The number of nitrogens with one attached hydrogen (secondary N) is 1. The SMILES string of the molecule is CCNC(c1cc(C)cc(Br)c1)c1ccc(C(C)(C)C)s1. The van der Waals surface area contributed by atoms with Crippen molar-refractivity contribution in [2.24, 2.45) is 0 Å². The molecule has 1 N–H and O–H groups in total. The van der Waals surface area contributed by atoms with Gasteiger partial charge in [-0.1, -0.05) is 49.7 Å². The Balaban J connectivity index is 2.41. The zero-order valence-corrected chi connectivity index (χ0v) is 15.9. The second-order valence-corrected chi connectivity index (χ2v) is 8.54. The maximum atomic E-state index is 3.62. The number of hydrogen-bond acceptors (Lipinski definition) is 2. The summed E-state index contributed by atoms with van der Waals surface area (Å²) < 4.78 is 1.15. The van der Waals surface area contributed by atoms with Gasteiger partial charge in [0.15, 0.2) is 0 Å². The van der Waals surface area contributed by atoms with Crippen LogP contribution in [-0.2, 0) is 5.41 Å². The zero-order chi connectivity index (χ0) is 15.6. The van der Waals surface area contributed by atoms with Crippen LogP contribution in [-0.4, -0.2) is 6.54 Å². The minimum absolute atomic E-state index is 0.215. The molecule has 2 rings (SSSR count). The Morgan fingerprint density at radius 1 is 1.19 bits per heavy atom. The Hall–Kier alpha value is -0.640. The first-order valence-electron chi connectivity index (χ1n) is 7.42. The van der Waals surface area contributed by atoms with Crippen LogP contribution in [0, 0.1) is 6.92 Å². The van der Waals surface area contributed by atoms with E-state index in [4.69, 9.17) is 0 Å². The summed E-state index contributed by atoms with van der Waals surface area (Å²) in [4.78, 5) is 2.83. The van der Waals surface area contributed by atoms with Gasteiger partial charge in [0, 0.05) is 14.2 Å². The fourth-order valence-electron chi connectivity index (χ4n) is 2.43. The lowest BCUT2D eigenvalue weighted by Crippen LogP contribution is -2.21. The van der Waals surface area contributed by atoms with Crippen molar-refractivity contribution in [1.82, 2.24) is 5.32 Å².